The molecule has 5 aromatic heterocycles. The number of para-hydroxylation sites is 6. The molecule has 0 amide bonds. The van der Waals surface area contributed by atoms with Crippen LogP contribution in [0.5, 0.6) is 0 Å². The lowest BCUT2D eigenvalue weighted by Gasteiger charge is -2.13. The summed E-state index contributed by atoms with van der Waals surface area (Å²) >= 11 is 0. The van der Waals surface area contributed by atoms with Gasteiger partial charge in [-0.15, -0.1) is 0 Å². The van der Waals surface area contributed by atoms with E-state index < -0.39 is 0 Å². The first-order valence-electron chi connectivity index (χ1n) is 31.9. The molecule has 7 nitrogen and oxygen atoms in total. The van der Waals surface area contributed by atoms with E-state index in [9.17, 15) is 0 Å². The van der Waals surface area contributed by atoms with E-state index in [1.807, 2.05) is 60.7 Å². The van der Waals surface area contributed by atoms with E-state index in [0.29, 0.717) is 17.5 Å². The normalized spacial score (nSPS) is 11.6. The van der Waals surface area contributed by atoms with Crippen molar-refractivity contribution in [3.8, 4) is 79.2 Å². The van der Waals surface area contributed by atoms with E-state index >= 15 is 0 Å². The van der Waals surface area contributed by atoms with Gasteiger partial charge < -0.3 is 18.3 Å². The average molecular weight is 1200 g/mol. The number of benzene rings is 14. The molecule has 0 N–H and O–H groups in total. The fraction of sp³-hybridized carbons (Fsp3) is 0. The predicted molar refractivity (Wildman–Crippen MR) is 391 cm³/mol. The molecule has 94 heavy (non-hydrogen) atoms. The highest BCUT2D eigenvalue weighted by atomic mass is 15.0. The molecule has 7 heteroatoms. The van der Waals surface area contributed by atoms with Gasteiger partial charge in [0.15, 0.2) is 17.5 Å². The second kappa shape index (κ2) is 22.6. The maximum atomic E-state index is 5.02. The van der Waals surface area contributed by atoms with Gasteiger partial charge in [-0.2, -0.15) is 0 Å². The topological polar surface area (TPSA) is 58.4 Å². The molecule has 0 saturated heterocycles. The van der Waals surface area contributed by atoms with Crippen LogP contribution in [0.3, 0.4) is 0 Å². The minimum absolute atomic E-state index is 0.631. The van der Waals surface area contributed by atoms with E-state index in [0.717, 1.165) is 50.5 Å². The van der Waals surface area contributed by atoms with Gasteiger partial charge in [-0.1, -0.05) is 255 Å². The number of aromatic nitrogens is 7. The van der Waals surface area contributed by atoms with Crippen LogP contribution in [0.4, 0.5) is 0 Å². The Labute approximate surface area is 542 Å². The molecule has 0 fully saturated rings. The second-order valence-electron chi connectivity index (χ2n) is 23.9. The highest BCUT2D eigenvalue weighted by molar-refractivity contribution is 6.14. The van der Waals surface area contributed by atoms with Gasteiger partial charge in [0.2, 0.25) is 0 Å². The molecular formula is C87H57N7. The van der Waals surface area contributed by atoms with Crippen molar-refractivity contribution in [2.45, 2.75) is 0 Å². The third kappa shape index (κ3) is 9.24. The van der Waals surface area contributed by atoms with Crippen molar-refractivity contribution < 1.29 is 0 Å². The van der Waals surface area contributed by atoms with Crippen LogP contribution < -0.4 is 0 Å². The largest absolute Gasteiger partial charge is 0.309 e. The summed E-state index contributed by atoms with van der Waals surface area (Å²) in [5.41, 5.74) is 21.6. The van der Waals surface area contributed by atoms with Crippen molar-refractivity contribution in [3.63, 3.8) is 0 Å². The number of fused-ring (bicyclic) bond motifs is 12. The molecular weight excluding hydrogens is 1140 g/mol. The Hall–Kier alpha value is -12.7. The fourth-order valence-corrected chi connectivity index (χ4v) is 14.2. The van der Waals surface area contributed by atoms with Crippen LogP contribution in [0.2, 0.25) is 0 Å². The zero-order valence-corrected chi connectivity index (χ0v) is 51.0. The van der Waals surface area contributed by atoms with Crippen LogP contribution in [-0.2, 0) is 0 Å². The summed E-state index contributed by atoms with van der Waals surface area (Å²) in [4.78, 5) is 14.9. The Kier molecular flexibility index (Phi) is 13.1. The van der Waals surface area contributed by atoms with Gasteiger partial charge >= 0.3 is 0 Å². The van der Waals surface area contributed by atoms with Gasteiger partial charge in [0.05, 0.1) is 44.1 Å². The molecule has 14 aromatic carbocycles. The first-order chi connectivity index (χ1) is 46.6. The van der Waals surface area contributed by atoms with E-state index in [2.05, 4.69) is 303 Å². The molecule has 19 rings (SSSR count). The van der Waals surface area contributed by atoms with Crippen molar-refractivity contribution in [2.75, 3.05) is 0 Å². The maximum absolute atomic E-state index is 5.02. The summed E-state index contributed by atoms with van der Waals surface area (Å²) in [5.74, 6) is 1.92. The lowest BCUT2D eigenvalue weighted by molar-refractivity contribution is 1.07. The highest BCUT2D eigenvalue weighted by Gasteiger charge is 2.21. The van der Waals surface area contributed by atoms with Gasteiger partial charge in [0.25, 0.3) is 0 Å². The second-order valence-corrected chi connectivity index (χ2v) is 23.9. The Morgan fingerprint density at radius 3 is 0.777 bits per heavy atom. The van der Waals surface area contributed by atoms with Crippen molar-refractivity contribution in [2.24, 2.45) is 0 Å². The van der Waals surface area contributed by atoms with Crippen molar-refractivity contribution >= 4 is 87.2 Å². The quantitative estimate of drug-likeness (QED) is 0.145. The molecule has 0 bridgehead atoms. The fourth-order valence-electron chi connectivity index (χ4n) is 14.2. The lowest BCUT2D eigenvalue weighted by atomic mass is 9.99. The van der Waals surface area contributed by atoms with Crippen LogP contribution in [0, 0.1) is 0 Å². The van der Waals surface area contributed by atoms with Gasteiger partial charge in [-0.3, -0.25) is 0 Å². The number of rotatable bonds is 9. The van der Waals surface area contributed by atoms with Crippen LogP contribution in [0.15, 0.2) is 346 Å². The zero-order valence-electron chi connectivity index (χ0n) is 51.0. The minimum atomic E-state index is 0.631. The molecule has 0 spiro atoms. The Bertz CT molecular complexity index is 5950. The van der Waals surface area contributed by atoms with Crippen molar-refractivity contribution in [3.05, 3.63) is 346 Å². The zero-order chi connectivity index (χ0) is 62.1. The monoisotopic (exact) mass is 1200 g/mol. The van der Waals surface area contributed by atoms with Crippen molar-refractivity contribution in [1.82, 2.24) is 33.2 Å². The van der Waals surface area contributed by atoms with Gasteiger partial charge in [0, 0.05) is 82.5 Å². The summed E-state index contributed by atoms with van der Waals surface area (Å²) in [6, 6.07) is 123. The average Bonchev–Trinajstić information content (AvgIpc) is 1.60. The summed E-state index contributed by atoms with van der Waals surface area (Å²) in [6.07, 6.45) is 0. The molecule has 440 valence electrons. The predicted octanol–water partition coefficient (Wildman–Crippen LogP) is 22.3. The van der Waals surface area contributed by atoms with E-state index in [-0.39, 0.29) is 0 Å². The van der Waals surface area contributed by atoms with E-state index in [1.54, 1.807) is 0 Å². The molecule has 0 aliphatic heterocycles. The Morgan fingerprint density at radius 2 is 0.394 bits per heavy atom. The van der Waals surface area contributed by atoms with E-state index in [1.165, 1.54) is 98.4 Å². The summed E-state index contributed by atoms with van der Waals surface area (Å²) in [5, 5.41) is 9.96. The van der Waals surface area contributed by atoms with Crippen LogP contribution in [0.1, 0.15) is 0 Å². The maximum Gasteiger partial charge on any atom is 0.164 e. The molecule has 19 aromatic rings. The molecule has 0 aliphatic rings. The van der Waals surface area contributed by atoms with E-state index in [4.69, 9.17) is 15.0 Å². The molecule has 0 saturated carbocycles. The molecule has 0 radical (unpaired) electrons. The lowest BCUT2D eigenvalue weighted by Crippen LogP contribution is -2.01. The van der Waals surface area contributed by atoms with Crippen LogP contribution in [-0.4, -0.2) is 33.2 Å². The smallest absolute Gasteiger partial charge is 0.164 e. The standard InChI is InChI=1S/C45H29N5.C42H28N2/c1-3-14-30(15-4-1)43-46-44(31-16-5-2-6-17-31)48-45(47-43)32-18-13-19-33(28-32)50-41-25-12-9-22-37(41)38-27-26-34(29-42(38)50)49-39-23-10-7-20-35(39)36-21-8-11-24-40(36)49;1-2-12-29(13-3-1)30-14-10-15-31(26-30)32-16-11-17-33(27-32)44-41-23-9-6-20-37(41)38-25-24-34(28-42(38)44)43-39-21-7-4-18-35(39)36-19-5-8-22-40(36)43/h1-29H;1-28H. The third-order valence-electron chi connectivity index (χ3n) is 18.5. The van der Waals surface area contributed by atoms with Gasteiger partial charge in [-0.05, 0) is 113 Å². The highest BCUT2D eigenvalue weighted by Crippen LogP contribution is 2.41. The number of hydrogen-bond donors (Lipinski definition) is 0. The third-order valence-corrected chi connectivity index (χ3v) is 18.5. The van der Waals surface area contributed by atoms with Gasteiger partial charge in [0.1, 0.15) is 0 Å². The number of nitrogens with zero attached hydrogens (tertiary/aromatic N) is 7. The molecule has 0 unspecified atom stereocenters. The first kappa shape index (κ1) is 54.2. The molecule has 0 atom stereocenters. The SMILES string of the molecule is c1ccc(-c2cccc(-c3cccc(-n4c5ccccc5c5ccc(-n6c7ccccc7c7ccccc76)cc54)c3)c2)cc1.c1ccc(-c2nc(-c3ccccc3)nc(-c3cccc(-n4c5ccccc5c5ccc(-n6c7ccccc7c7ccccc76)cc54)c3)n2)cc1. The Morgan fingerprint density at radius 1 is 0.149 bits per heavy atom. The van der Waals surface area contributed by atoms with Gasteiger partial charge in [-0.25, -0.2) is 15.0 Å². The summed E-state index contributed by atoms with van der Waals surface area (Å²) in [7, 11) is 0. The number of hydrogen-bond acceptors (Lipinski definition) is 3. The molecule has 5 heterocycles. The first-order valence-corrected chi connectivity index (χ1v) is 31.9. The minimum Gasteiger partial charge on any atom is -0.309 e. The molecule has 0 aliphatic carbocycles. The van der Waals surface area contributed by atoms with Crippen molar-refractivity contribution in [1.29, 1.82) is 0 Å². The van der Waals surface area contributed by atoms with Crippen LogP contribution >= 0.6 is 0 Å². The summed E-state index contributed by atoms with van der Waals surface area (Å²) in [6.45, 7) is 0. The Balaban J connectivity index is 0.000000139. The van der Waals surface area contributed by atoms with Crippen LogP contribution in [0.25, 0.3) is 166 Å². The summed E-state index contributed by atoms with van der Waals surface area (Å²) < 4.78 is 9.57.